The summed E-state index contributed by atoms with van der Waals surface area (Å²) in [5, 5.41) is 12.8. The highest BCUT2D eigenvalue weighted by Gasteiger charge is 2.35. The average molecular weight is 353 g/mol. The lowest BCUT2D eigenvalue weighted by atomic mass is 9.84. The molecule has 2 aromatic rings. The van der Waals surface area contributed by atoms with Crippen LogP contribution in [0.15, 0.2) is 36.4 Å². The molecule has 5 nitrogen and oxygen atoms in total. The Morgan fingerprint density at radius 3 is 2.84 bits per heavy atom. The zero-order chi connectivity index (χ0) is 17.2. The monoisotopic (exact) mass is 353 g/mol. The third-order valence-electron chi connectivity index (χ3n) is 4.96. The van der Waals surface area contributed by atoms with E-state index in [2.05, 4.69) is 16.3 Å². The molecule has 2 bridgehead atoms. The van der Waals surface area contributed by atoms with Crippen LogP contribution < -0.4 is 10.1 Å². The number of ether oxygens (including phenoxy) is 1. The summed E-state index contributed by atoms with van der Waals surface area (Å²) in [5.74, 6) is 1.19. The van der Waals surface area contributed by atoms with E-state index in [4.69, 9.17) is 10.00 Å². The van der Waals surface area contributed by atoms with Crippen molar-refractivity contribution in [3.63, 3.8) is 0 Å². The van der Waals surface area contributed by atoms with Gasteiger partial charge in [-0.05, 0) is 62.2 Å². The SMILES string of the molecule is N#Cc1cccc(Oc2ccc(C(=O)N[C@H]3CN4CCC3CC4)s2)c1. The number of rotatable bonds is 4. The quantitative estimate of drug-likeness (QED) is 0.916. The van der Waals surface area contributed by atoms with Crippen LogP contribution in [-0.2, 0) is 0 Å². The highest BCUT2D eigenvalue weighted by Crippen LogP contribution is 2.31. The second-order valence-electron chi connectivity index (χ2n) is 6.58. The zero-order valence-corrected chi connectivity index (χ0v) is 14.6. The number of piperidine rings is 3. The number of benzene rings is 1. The van der Waals surface area contributed by atoms with E-state index in [0.29, 0.717) is 27.2 Å². The first kappa shape index (κ1) is 16.1. The summed E-state index contributed by atoms with van der Waals surface area (Å²) in [6, 6.07) is 12.9. The maximum absolute atomic E-state index is 12.5. The lowest BCUT2D eigenvalue weighted by molar-refractivity contribution is 0.0622. The molecular formula is C19H19N3O2S. The molecule has 1 N–H and O–H groups in total. The molecule has 25 heavy (non-hydrogen) atoms. The number of fused-ring (bicyclic) bond motifs is 3. The molecule has 3 fully saturated rings. The van der Waals surface area contributed by atoms with Crippen molar-refractivity contribution >= 4 is 17.2 Å². The fourth-order valence-electron chi connectivity index (χ4n) is 3.61. The van der Waals surface area contributed by atoms with Crippen LogP contribution >= 0.6 is 11.3 Å². The largest absolute Gasteiger partial charge is 0.447 e. The number of carbonyl (C=O) groups excluding carboxylic acids is 1. The number of hydrogen-bond acceptors (Lipinski definition) is 5. The maximum atomic E-state index is 12.5. The number of nitriles is 1. The smallest absolute Gasteiger partial charge is 0.261 e. The van der Waals surface area contributed by atoms with E-state index < -0.39 is 0 Å². The molecule has 1 aromatic heterocycles. The number of amides is 1. The molecule has 3 aliphatic rings. The molecule has 5 rings (SSSR count). The van der Waals surface area contributed by atoms with E-state index in [1.165, 1.54) is 24.2 Å². The van der Waals surface area contributed by atoms with Gasteiger partial charge >= 0.3 is 0 Å². The van der Waals surface area contributed by atoms with Gasteiger partial charge in [0.1, 0.15) is 5.75 Å². The standard InChI is InChI=1S/C19H19N3O2S/c20-11-13-2-1-3-15(10-13)24-18-5-4-17(25-18)19(23)21-16-12-22-8-6-14(16)7-9-22/h1-5,10,14,16H,6-9,12H2,(H,21,23)/t16-/m0/s1. The molecule has 0 radical (unpaired) electrons. The molecule has 0 saturated carbocycles. The first-order valence-electron chi connectivity index (χ1n) is 8.52. The van der Waals surface area contributed by atoms with Gasteiger partial charge < -0.3 is 15.0 Å². The lowest BCUT2D eigenvalue weighted by Gasteiger charge is -2.44. The van der Waals surface area contributed by atoms with Crippen LogP contribution in [0.4, 0.5) is 0 Å². The average Bonchev–Trinajstić information content (AvgIpc) is 3.11. The van der Waals surface area contributed by atoms with Crippen LogP contribution in [0.25, 0.3) is 0 Å². The van der Waals surface area contributed by atoms with E-state index >= 15 is 0 Å². The van der Waals surface area contributed by atoms with E-state index in [-0.39, 0.29) is 11.9 Å². The van der Waals surface area contributed by atoms with E-state index in [9.17, 15) is 4.79 Å². The summed E-state index contributed by atoms with van der Waals surface area (Å²) < 4.78 is 5.77. The molecule has 3 saturated heterocycles. The van der Waals surface area contributed by atoms with Gasteiger partial charge in [0.25, 0.3) is 5.91 Å². The zero-order valence-electron chi connectivity index (χ0n) is 13.8. The fraction of sp³-hybridized carbons (Fsp3) is 0.368. The predicted octanol–water partition coefficient (Wildman–Crippen LogP) is 3.24. The number of thiophene rings is 1. The van der Waals surface area contributed by atoms with Crippen molar-refractivity contribution in [1.29, 1.82) is 5.26 Å². The molecule has 6 heteroatoms. The van der Waals surface area contributed by atoms with Crippen molar-refractivity contribution in [2.75, 3.05) is 19.6 Å². The summed E-state index contributed by atoms with van der Waals surface area (Å²) in [7, 11) is 0. The molecule has 3 aliphatic heterocycles. The van der Waals surface area contributed by atoms with Crippen LogP contribution in [-0.4, -0.2) is 36.5 Å². The Bertz CT molecular complexity index is 818. The molecule has 1 aromatic carbocycles. The number of carbonyl (C=O) groups is 1. The van der Waals surface area contributed by atoms with E-state index in [1.807, 2.05) is 0 Å². The van der Waals surface area contributed by atoms with E-state index in [1.54, 1.807) is 36.4 Å². The van der Waals surface area contributed by atoms with Gasteiger partial charge in [-0.1, -0.05) is 17.4 Å². The highest BCUT2D eigenvalue weighted by molar-refractivity contribution is 7.15. The molecular weight excluding hydrogens is 334 g/mol. The molecule has 1 amide bonds. The summed E-state index contributed by atoms with van der Waals surface area (Å²) in [4.78, 5) is 15.6. The third kappa shape index (κ3) is 3.53. The minimum Gasteiger partial charge on any atom is -0.447 e. The summed E-state index contributed by atoms with van der Waals surface area (Å²) in [6.07, 6.45) is 2.36. The van der Waals surface area contributed by atoms with Crippen molar-refractivity contribution in [1.82, 2.24) is 10.2 Å². The van der Waals surface area contributed by atoms with Crippen molar-refractivity contribution in [3.05, 3.63) is 46.8 Å². The predicted molar refractivity (Wildman–Crippen MR) is 96.0 cm³/mol. The Labute approximate surface area is 150 Å². The Kier molecular flexibility index (Phi) is 4.43. The van der Waals surface area contributed by atoms with Gasteiger partial charge in [0.05, 0.1) is 16.5 Å². The maximum Gasteiger partial charge on any atom is 0.261 e. The topological polar surface area (TPSA) is 65.4 Å². The number of nitrogens with zero attached hydrogens (tertiary/aromatic N) is 2. The molecule has 128 valence electrons. The first-order valence-corrected chi connectivity index (χ1v) is 9.34. The summed E-state index contributed by atoms with van der Waals surface area (Å²) >= 11 is 1.33. The lowest BCUT2D eigenvalue weighted by Crippen LogP contribution is -2.57. The second-order valence-corrected chi connectivity index (χ2v) is 7.62. The summed E-state index contributed by atoms with van der Waals surface area (Å²) in [6.45, 7) is 3.29. The van der Waals surface area contributed by atoms with Crippen molar-refractivity contribution in [3.8, 4) is 16.9 Å². The third-order valence-corrected chi connectivity index (χ3v) is 5.92. The van der Waals surface area contributed by atoms with Crippen molar-refractivity contribution in [2.45, 2.75) is 18.9 Å². The molecule has 0 spiro atoms. The van der Waals surface area contributed by atoms with Gasteiger partial charge in [0, 0.05) is 12.6 Å². The fourth-order valence-corrected chi connectivity index (χ4v) is 4.39. The normalized spacial score (nSPS) is 24.5. The molecule has 0 unspecified atom stereocenters. The van der Waals surface area contributed by atoms with E-state index in [0.717, 1.165) is 19.6 Å². The van der Waals surface area contributed by atoms with Crippen LogP contribution in [0, 0.1) is 17.2 Å². The molecule has 4 heterocycles. The van der Waals surface area contributed by atoms with Gasteiger partial charge in [-0.2, -0.15) is 5.26 Å². The van der Waals surface area contributed by atoms with Crippen LogP contribution in [0.3, 0.4) is 0 Å². The minimum atomic E-state index is -0.0237. The second kappa shape index (κ2) is 6.87. The summed E-state index contributed by atoms with van der Waals surface area (Å²) in [5.41, 5.74) is 0.550. The van der Waals surface area contributed by atoms with Gasteiger partial charge in [0.2, 0.25) is 0 Å². The highest BCUT2D eigenvalue weighted by atomic mass is 32.1. The van der Waals surface area contributed by atoms with Gasteiger partial charge in [-0.25, -0.2) is 0 Å². The van der Waals surface area contributed by atoms with Crippen LogP contribution in [0.5, 0.6) is 10.8 Å². The van der Waals surface area contributed by atoms with Gasteiger partial charge in [-0.3, -0.25) is 4.79 Å². The van der Waals surface area contributed by atoms with Crippen LogP contribution in [0.1, 0.15) is 28.1 Å². The van der Waals surface area contributed by atoms with Gasteiger partial charge in [-0.15, -0.1) is 0 Å². The number of nitrogens with one attached hydrogen (secondary N) is 1. The minimum absolute atomic E-state index is 0.0237. The van der Waals surface area contributed by atoms with Crippen molar-refractivity contribution < 1.29 is 9.53 Å². The van der Waals surface area contributed by atoms with Gasteiger partial charge in [0.15, 0.2) is 5.06 Å². The Morgan fingerprint density at radius 1 is 1.28 bits per heavy atom. The van der Waals surface area contributed by atoms with Crippen LogP contribution in [0.2, 0.25) is 0 Å². The Hall–Kier alpha value is -2.36. The molecule has 1 atom stereocenters. The number of hydrogen-bond donors (Lipinski definition) is 1. The Balaban J connectivity index is 1.40. The Morgan fingerprint density at radius 2 is 2.12 bits per heavy atom. The first-order chi connectivity index (χ1) is 12.2. The van der Waals surface area contributed by atoms with Crippen molar-refractivity contribution in [2.24, 2.45) is 5.92 Å². The molecule has 0 aliphatic carbocycles.